The predicted molar refractivity (Wildman–Crippen MR) is 55.0 cm³/mol. The molecule has 2 rings (SSSR count). The van der Waals surface area contributed by atoms with Gasteiger partial charge in [-0.2, -0.15) is 0 Å². The van der Waals surface area contributed by atoms with Crippen LogP contribution in [0.1, 0.15) is 28.2 Å². The van der Waals surface area contributed by atoms with Gasteiger partial charge in [0.05, 0.1) is 0 Å². The average molecular weight is 184 g/mol. The molecule has 1 aliphatic rings. The molecule has 1 aromatic rings. The van der Waals surface area contributed by atoms with Crippen molar-refractivity contribution in [2.24, 2.45) is 0 Å². The van der Waals surface area contributed by atoms with E-state index in [1.54, 1.807) is 10.4 Å². The molecule has 11 heavy (non-hydrogen) atoms. The minimum Gasteiger partial charge on any atom is -0.145 e. The fourth-order valence-electron chi connectivity index (χ4n) is 1.73. The Labute approximate surface area is 74.2 Å². The maximum Gasteiger partial charge on any atom is 0.00914 e. The second-order valence-electron chi connectivity index (χ2n) is 3.18. The van der Waals surface area contributed by atoms with Crippen LogP contribution in [-0.4, -0.2) is 0 Å². The van der Waals surface area contributed by atoms with Gasteiger partial charge < -0.3 is 0 Å². The van der Waals surface area contributed by atoms with Crippen LogP contribution in [0, 0.1) is 6.92 Å². The van der Waals surface area contributed by atoms with Crippen LogP contribution in [0.4, 0.5) is 0 Å². The van der Waals surface area contributed by atoms with Crippen LogP contribution in [0.25, 0.3) is 0 Å². The highest BCUT2D eigenvalue weighted by atomic mass is 32.1. The molecule has 0 saturated carbocycles. The van der Waals surface area contributed by atoms with E-state index in [1.807, 2.05) is 11.3 Å². The zero-order valence-electron chi connectivity index (χ0n) is 6.81. The molecule has 0 N–H and O–H groups in total. The van der Waals surface area contributed by atoms with Crippen LogP contribution < -0.4 is 5.30 Å². The molecule has 0 saturated heterocycles. The summed E-state index contributed by atoms with van der Waals surface area (Å²) < 4.78 is 0. The molecule has 0 fully saturated rings. The zero-order chi connectivity index (χ0) is 7.84. The van der Waals surface area contributed by atoms with Gasteiger partial charge in [-0.15, -0.1) is 20.6 Å². The van der Waals surface area contributed by atoms with Crippen molar-refractivity contribution in [2.45, 2.75) is 32.6 Å². The maximum atomic E-state index is 2.88. The van der Waals surface area contributed by atoms with Crippen molar-refractivity contribution in [1.29, 1.82) is 0 Å². The monoisotopic (exact) mass is 184 g/mol. The lowest BCUT2D eigenvalue weighted by atomic mass is 9.99. The molecular formula is C9H13PS. The Morgan fingerprint density at radius 3 is 2.73 bits per heavy atom. The zero-order valence-corrected chi connectivity index (χ0v) is 8.79. The van der Waals surface area contributed by atoms with Crippen molar-refractivity contribution < 1.29 is 0 Å². The Balaban J connectivity index is 2.50. The van der Waals surface area contributed by atoms with Crippen LogP contribution in [0.2, 0.25) is 0 Å². The van der Waals surface area contributed by atoms with Gasteiger partial charge >= 0.3 is 0 Å². The smallest absolute Gasteiger partial charge is 0.00914 e. The summed E-state index contributed by atoms with van der Waals surface area (Å²) >= 11 is 2.00. The lowest BCUT2D eigenvalue weighted by molar-refractivity contribution is 0.699. The van der Waals surface area contributed by atoms with Gasteiger partial charge in [0.1, 0.15) is 0 Å². The molecule has 0 spiro atoms. The van der Waals surface area contributed by atoms with Crippen molar-refractivity contribution in [3.05, 3.63) is 15.3 Å². The van der Waals surface area contributed by atoms with Crippen molar-refractivity contribution in [2.75, 3.05) is 0 Å². The summed E-state index contributed by atoms with van der Waals surface area (Å²) in [4.78, 5) is 3.15. The van der Waals surface area contributed by atoms with E-state index in [2.05, 4.69) is 16.2 Å². The third-order valence-electron chi connectivity index (χ3n) is 2.40. The number of hydrogen-bond donors (Lipinski definition) is 0. The van der Waals surface area contributed by atoms with E-state index in [0.717, 1.165) is 0 Å². The largest absolute Gasteiger partial charge is 0.145 e. The third kappa shape index (κ3) is 1.25. The summed E-state index contributed by atoms with van der Waals surface area (Å²) in [7, 11) is 2.88. The lowest BCUT2D eigenvalue weighted by Gasteiger charge is -2.10. The molecule has 1 unspecified atom stereocenters. The van der Waals surface area contributed by atoms with E-state index >= 15 is 0 Å². The SMILES string of the molecule is Cc1sc2c(c1P)CCCC2. The molecule has 0 aromatic carbocycles. The summed E-state index contributed by atoms with van der Waals surface area (Å²) in [5.41, 5.74) is 1.64. The minimum atomic E-state index is 1.32. The molecule has 0 bridgehead atoms. The van der Waals surface area contributed by atoms with Crippen LogP contribution in [-0.2, 0) is 12.8 Å². The molecule has 0 amide bonds. The van der Waals surface area contributed by atoms with Gasteiger partial charge in [0.25, 0.3) is 0 Å². The Bertz CT molecular complexity index is 275. The molecule has 1 heterocycles. The predicted octanol–water partition coefficient (Wildman–Crippen LogP) is 2.44. The first kappa shape index (κ1) is 7.76. The summed E-state index contributed by atoms with van der Waals surface area (Å²) in [6, 6.07) is 0. The second kappa shape index (κ2) is 2.88. The van der Waals surface area contributed by atoms with Gasteiger partial charge in [0.2, 0.25) is 0 Å². The van der Waals surface area contributed by atoms with Gasteiger partial charge in [0, 0.05) is 9.75 Å². The van der Waals surface area contributed by atoms with E-state index in [9.17, 15) is 0 Å². The minimum absolute atomic E-state index is 1.32. The number of rotatable bonds is 0. The van der Waals surface area contributed by atoms with Gasteiger partial charge in [-0.3, -0.25) is 0 Å². The highest BCUT2D eigenvalue weighted by Gasteiger charge is 2.15. The summed E-state index contributed by atoms with van der Waals surface area (Å²) in [5, 5.41) is 1.49. The number of fused-ring (bicyclic) bond motifs is 1. The topological polar surface area (TPSA) is 0 Å². The van der Waals surface area contributed by atoms with E-state index < -0.39 is 0 Å². The highest BCUT2D eigenvalue weighted by Crippen LogP contribution is 2.28. The molecule has 0 aliphatic heterocycles. The van der Waals surface area contributed by atoms with E-state index in [1.165, 1.54) is 35.9 Å². The van der Waals surface area contributed by atoms with E-state index in [-0.39, 0.29) is 0 Å². The Hall–Kier alpha value is 0.130. The third-order valence-corrected chi connectivity index (χ3v) is 4.61. The Morgan fingerprint density at radius 1 is 1.27 bits per heavy atom. The number of aryl methyl sites for hydroxylation is 2. The van der Waals surface area contributed by atoms with Crippen LogP contribution in [0.5, 0.6) is 0 Å². The molecule has 2 heteroatoms. The summed E-state index contributed by atoms with van der Waals surface area (Å²) in [6.07, 6.45) is 5.44. The molecule has 60 valence electrons. The first-order valence-electron chi connectivity index (χ1n) is 4.15. The second-order valence-corrected chi connectivity index (χ2v) is 5.07. The van der Waals surface area contributed by atoms with Crippen molar-refractivity contribution in [1.82, 2.24) is 0 Å². The Kier molecular flexibility index (Phi) is 2.03. The fourth-order valence-corrected chi connectivity index (χ4v) is 3.51. The summed E-state index contributed by atoms with van der Waals surface area (Å²) in [5.74, 6) is 0. The standard InChI is InChI=1S/C9H13PS/c1-6-9(10)7-4-2-3-5-8(7)11-6/h2-5,10H2,1H3. The molecule has 1 aliphatic carbocycles. The van der Waals surface area contributed by atoms with Gasteiger partial charge in [0.15, 0.2) is 0 Å². The average Bonchev–Trinajstić information content (AvgIpc) is 2.30. The molecule has 1 aromatic heterocycles. The van der Waals surface area contributed by atoms with Crippen LogP contribution in [0.3, 0.4) is 0 Å². The molecular weight excluding hydrogens is 171 g/mol. The first-order chi connectivity index (χ1) is 5.29. The first-order valence-corrected chi connectivity index (χ1v) is 5.55. The lowest BCUT2D eigenvalue weighted by Crippen LogP contribution is -2.06. The Morgan fingerprint density at radius 2 is 2.00 bits per heavy atom. The number of thiophene rings is 1. The summed E-state index contributed by atoms with van der Waals surface area (Å²) in [6.45, 7) is 2.23. The normalized spacial score (nSPS) is 16.5. The van der Waals surface area contributed by atoms with Crippen molar-refractivity contribution in [3.63, 3.8) is 0 Å². The van der Waals surface area contributed by atoms with E-state index in [0.29, 0.717) is 0 Å². The molecule has 0 nitrogen and oxygen atoms in total. The quantitative estimate of drug-likeness (QED) is 0.543. The van der Waals surface area contributed by atoms with Crippen molar-refractivity contribution in [3.8, 4) is 0 Å². The van der Waals surface area contributed by atoms with Crippen LogP contribution >= 0.6 is 20.6 Å². The highest BCUT2D eigenvalue weighted by molar-refractivity contribution is 7.30. The molecule has 0 radical (unpaired) electrons. The van der Waals surface area contributed by atoms with Gasteiger partial charge in [-0.25, -0.2) is 0 Å². The molecule has 1 atom stereocenters. The van der Waals surface area contributed by atoms with Crippen molar-refractivity contribution >= 4 is 25.9 Å². The maximum absolute atomic E-state index is 2.88. The van der Waals surface area contributed by atoms with Gasteiger partial charge in [-0.1, -0.05) is 0 Å². The van der Waals surface area contributed by atoms with Crippen LogP contribution in [0.15, 0.2) is 0 Å². The van der Waals surface area contributed by atoms with Gasteiger partial charge in [-0.05, 0) is 43.5 Å². The number of hydrogen-bond acceptors (Lipinski definition) is 1. The fraction of sp³-hybridized carbons (Fsp3) is 0.556. The van der Waals surface area contributed by atoms with E-state index in [4.69, 9.17) is 0 Å².